The van der Waals surface area contributed by atoms with Crippen LogP contribution < -0.4 is 5.73 Å². The van der Waals surface area contributed by atoms with Gasteiger partial charge in [-0.1, -0.05) is 20.3 Å². The van der Waals surface area contributed by atoms with Crippen LogP contribution >= 0.6 is 0 Å². The van der Waals surface area contributed by atoms with Crippen LogP contribution in [0.25, 0.3) is 0 Å². The van der Waals surface area contributed by atoms with Crippen LogP contribution in [0.2, 0.25) is 0 Å². The lowest BCUT2D eigenvalue weighted by molar-refractivity contribution is -0.147. The molecule has 0 aromatic carbocycles. The molecule has 0 spiro atoms. The summed E-state index contributed by atoms with van der Waals surface area (Å²) in [5.74, 6) is -0.145. The Bertz CT molecular complexity index is 278. The summed E-state index contributed by atoms with van der Waals surface area (Å²) >= 11 is 0. The van der Waals surface area contributed by atoms with Crippen molar-refractivity contribution in [1.29, 1.82) is 0 Å². The summed E-state index contributed by atoms with van der Waals surface area (Å²) in [5, 5.41) is 0. The molecule has 0 aromatic heterocycles. The second-order valence-corrected chi connectivity index (χ2v) is 6.29. The van der Waals surface area contributed by atoms with E-state index in [1.165, 1.54) is 7.11 Å². The third-order valence-electron chi connectivity index (χ3n) is 4.61. The normalized spacial score (nSPS) is 29.1. The van der Waals surface area contributed by atoms with E-state index in [4.69, 9.17) is 10.5 Å². The number of methoxy groups -OCH3 is 1. The van der Waals surface area contributed by atoms with Crippen LogP contribution in [-0.4, -0.2) is 18.6 Å². The van der Waals surface area contributed by atoms with Gasteiger partial charge in [0.05, 0.1) is 13.5 Å². The highest BCUT2D eigenvalue weighted by Crippen LogP contribution is 2.59. The third kappa shape index (κ3) is 1.97. The Morgan fingerprint density at radius 2 is 1.94 bits per heavy atom. The van der Waals surface area contributed by atoms with Crippen LogP contribution in [-0.2, 0) is 9.53 Å². The maximum Gasteiger partial charge on any atom is 0.306 e. The first-order chi connectivity index (χ1) is 7.16. The molecule has 1 aliphatic carbocycles. The molecule has 1 fully saturated rings. The Morgan fingerprint density at radius 3 is 2.25 bits per heavy atom. The number of rotatable bonds is 3. The van der Waals surface area contributed by atoms with Crippen LogP contribution in [0.5, 0.6) is 0 Å². The number of carbonyl (C=O) groups is 1. The van der Waals surface area contributed by atoms with E-state index in [-0.39, 0.29) is 22.3 Å². The predicted octanol–water partition coefficient (Wildman–Crippen LogP) is 2.48. The van der Waals surface area contributed by atoms with Gasteiger partial charge in [-0.05, 0) is 32.1 Å². The fraction of sp³-hybridized carbons (Fsp3) is 0.923. The van der Waals surface area contributed by atoms with Gasteiger partial charge in [0.2, 0.25) is 0 Å². The van der Waals surface area contributed by atoms with Gasteiger partial charge in [0.15, 0.2) is 0 Å². The van der Waals surface area contributed by atoms with Gasteiger partial charge in [0.25, 0.3) is 0 Å². The van der Waals surface area contributed by atoms with Crippen LogP contribution in [0.4, 0.5) is 0 Å². The molecule has 16 heavy (non-hydrogen) atoms. The monoisotopic (exact) mass is 227 g/mol. The fourth-order valence-electron chi connectivity index (χ4n) is 3.48. The molecule has 3 heteroatoms. The van der Waals surface area contributed by atoms with Gasteiger partial charge < -0.3 is 10.5 Å². The molecule has 94 valence electrons. The smallest absolute Gasteiger partial charge is 0.306 e. The Kier molecular flexibility index (Phi) is 3.39. The quantitative estimate of drug-likeness (QED) is 0.754. The molecule has 0 bridgehead atoms. The first-order valence-electron chi connectivity index (χ1n) is 6.02. The maximum absolute atomic E-state index is 11.6. The summed E-state index contributed by atoms with van der Waals surface area (Å²) in [6.45, 7) is 8.50. The van der Waals surface area contributed by atoms with E-state index in [1.807, 2.05) is 13.8 Å². The largest absolute Gasteiger partial charge is 0.469 e. The Balaban J connectivity index is 3.08. The second-order valence-electron chi connectivity index (χ2n) is 6.29. The van der Waals surface area contributed by atoms with Gasteiger partial charge >= 0.3 is 5.97 Å². The van der Waals surface area contributed by atoms with E-state index < -0.39 is 0 Å². The Labute approximate surface area is 98.7 Å². The molecule has 1 rings (SSSR count). The molecule has 1 saturated carbocycles. The zero-order chi connectivity index (χ0) is 12.6. The second kappa shape index (κ2) is 4.02. The lowest BCUT2D eigenvalue weighted by Crippen LogP contribution is -2.56. The first kappa shape index (κ1) is 13.5. The molecular formula is C13H25NO2. The Morgan fingerprint density at radius 1 is 1.38 bits per heavy atom. The van der Waals surface area contributed by atoms with Crippen molar-refractivity contribution in [3.8, 4) is 0 Å². The lowest BCUT2D eigenvalue weighted by Gasteiger charge is -2.50. The average Bonchev–Trinajstić information content (AvgIpc) is 2.41. The van der Waals surface area contributed by atoms with Crippen molar-refractivity contribution in [3.05, 3.63) is 0 Å². The molecule has 0 amide bonds. The van der Waals surface area contributed by atoms with Crippen molar-refractivity contribution in [2.45, 2.75) is 58.9 Å². The van der Waals surface area contributed by atoms with E-state index in [2.05, 4.69) is 13.8 Å². The van der Waals surface area contributed by atoms with E-state index in [0.29, 0.717) is 6.42 Å². The Hall–Kier alpha value is -0.570. The highest BCUT2D eigenvalue weighted by Gasteiger charge is 2.56. The van der Waals surface area contributed by atoms with Crippen molar-refractivity contribution in [1.82, 2.24) is 0 Å². The number of ether oxygens (including phenoxy) is 1. The van der Waals surface area contributed by atoms with Crippen molar-refractivity contribution in [2.24, 2.45) is 16.6 Å². The molecule has 0 saturated heterocycles. The van der Waals surface area contributed by atoms with Crippen molar-refractivity contribution < 1.29 is 9.53 Å². The van der Waals surface area contributed by atoms with Crippen LogP contribution in [0.3, 0.4) is 0 Å². The summed E-state index contributed by atoms with van der Waals surface area (Å²) in [5.41, 5.74) is 5.94. The predicted molar refractivity (Wildman–Crippen MR) is 65.0 cm³/mol. The average molecular weight is 227 g/mol. The molecule has 0 aliphatic heterocycles. The van der Waals surface area contributed by atoms with Gasteiger partial charge in [0.1, 0.15) is 0 Å². The van der Waals surface area contributed by atoms with E-state index in [9.17, 15) is 4.79 Å². The minimum atomic E-state index is -0.360. The molecule has 3 nitrogen and oxygen atoms in total. The van der Waals surface area contributed by atoms with E-state index in [0.717, 1.165) is 19.3 Å². The van der Waals surface area contributed by atoms with Crippen LogP contribution in [0.15, 0.2) is 0 Å². The SMILES string of the molecule is COC(=O)CC1(C(C)(C)N)CCCC1(C)C. The fourth-order valence-corrected chi connectivity index (χ4v) is 3.48. The van der Waals surface area contributed by atoms with Gasteiger partial charge in [-0.2, -0.15) is 0 Å². The van der Waals surface area contributed by atoms with Crippen LogP contribution in [0, 0.1) is 10.8 Å². The standard InChI is InChI=1S/C13H25NO2/c1-11(2)7-6-8-13(11,12(3,4)14)9-10(15)16-5/h6-9,14H2,1-5H3. The zero-order valence-corrected chi connectivity index (χ0v) is 11.2. The van der Waals surface area contributed by atoms with Gasteiger partial charge in [-0.3, -0.25) is 4.79 Å². The van der Waals surface area contributed by atoms with Gasteiger partial charge in [-0.25, -0.2) is 0 Å². The molecule has 1 aliphatic rings. The highest BCUT2D eigenvalue weighted by molar-refractivity contribution is 5.70. The minimum absolute atomic E-state index is 0.0967. The number of carbonyl (C=O) groups excluding carboxylic acids is 1. The van der Waals surface area contributed by atoms with Crippen molar-refractivity contribution in [2.75, 3.05) is 7.11 Å². The molecule has 1 atom stereocenters. The topological polar surface area (TPSA) is 52.3 Å². The van der Waals surface area contributed by atoms with Gasteiger partial charge in [-0.15, -0.1) is 0 Å². The summed E-state index contributed by atoms with van der Waals surface area (Å²) < 4.78 is 4.83. The van der Waals surface area contributed by atoms with Gasteiger partial charge in [0, 0.05) is 11.0 Å². The zero-order valence-electron chi connectivity index (χ0n) is 11.2. The summed E-state index contributed by atoms with van der Waals surface area (Å²) in [4.78, 5) is 11.6. The lowest BCUT2D eigenvalue weighted by atomic mass is 9.57. The van der Waals surface area contributed by atoms with Crippen molar-refractivity contribution in [3.63, 3.8) is 0 Å². The van der Waals surface area contributed by atoms with Crippen molar-refractivity contribution >= 4 is 5.97 Å². The highest BCUT2D eigenvalue weighted by atomic mass is 16.5. The number of nitrogens with two attached hydrogens (primary N) is 1. The molecule has 1 unspecified atom stereocenters. The van der Waals surface area contributed by atoms with E-state index in [1.54, 1.807) is 0 Å². The summed E-state index contributed by atoms with van der Waals surface area (Å²) in [6, 6.07) is 0. The molecular weight excluding hydrogens is 202 g/mol. The number of hydrogen-bond acceptors (Lipinski definition) is 3. The van der Waals surface area contributed by atoms with Crippen LogP contribution in [0.1, 0.15) is 53.4 Å². The number of hydrogen-bond donors (Lipinski definition) is 1. The maximum atomic E-state index is 11.6. The molecule has 0 heterocycles. The minimum Gasteiger partial charge on any atom is -0.469 e. The summed E-state index contributed by atoms with van der Waals surface area (Å²) in [7, 11) is 1.45. The molecule has 0 radical (unpaired) electrons. The van der Waals surface area contributed by atoms with E-state index >= 15 is 0 Å². The number of esters is 1. The third-order valence-corrected chi connectivity index (χ3v) is 4.61. The molecule has 2 N–H and O–H groups in total. The molecule has 0 aromatic rings. The first-order valence-corrected chi connectivity index (χ1v) is 6.02. The summed E-state index contributed by atoms with van der Waals surface area (Å²) in [6.07, 6.45) is 3.72.